The summed E-state index contributed by atoms with van der Waals surface area (Å²) in [6.07, 6.45) is 1.60. The van der Waals surface area contributed by atoms with Crippen LogP contribution >= 0.6 is 0 Å². The molecule has 1 unspecified atom stereocenters. The van der Waals surface area contributed by atoms with Gasteiger partial charge in [-0.2, -0.15) is 0 Å². The maximum Gasteiger partial charge on any atom is 0.322 e. The molecule has 0 aromatic heterocycles. The fourth-order valence-electron chi connectivity index (χ4n) is 1.25. The number of methoxy groups -OCH3 is 1. The van der Waals surface area contributed by atoms with E-state index < -0.39 is 0 Å². The molecule has 0 radical (unpaired) electrons. The van der Waals surface area contributed by atoms with Gasteiger partial charge < -0.3 is 14.8 Å². The Morgan fingerprint density at radius 3 is 2.44 bits per heavy atom. The smallest absolute Gasteiger partial charge is 0.322 e. The molecule has 0 aliphatic rings. The molecule has 0 aliphatic heterocycles. The van der Waals surface area contributed by atoms with Crippen molar-refractivity contribution in [2.45, 2.75) is 52.2 Å². The lowest BCUT2D eigenvalue weighted by Crippen LogP contribution is -2.39. The van der Waals surface area contributed by atoms with Crippen LogP contribution < -0.4 is 5.32 Å². The zero-order chi connectivity index (χ0) is 12.6. The highest BCUT2D eigenvalue weighted by molar-refractivity contribution is 5.75. The van der Waals surface area contributed by atoms with Crippen molar-refractivity contribution in [1.29, 1.82) is 0 Å². The van der Waals surface area contributed by atoms with Crippen molar-refractivity contribution in [1.82, 2.24) is 5.32 Å². The summed E-state index contributed by atoms with van der Waals surface area (Å²) in [6, 6.07) is -0.261. The third-order valence-corrected chi connectivity index (χ3v) is 2.69. The maximum atomic E-state index is 11.4. The molecule has 0 aliphatic carbocycles. The Bertz CT molecular complexity index is 204. The summed E-state index contributed by atoms with van der Waals surface area (Å²) >= 11 is 0. The SMILES string of the molecule is CCNC(CCOC(C)(C)CC)C(=O)OC. The molecule has 0 saturated carbocycles. The first-order valence-corrected chi connectivity index (χ1v) is 5.92. The molecule has 0 heterocycles. The molecule has 1 N–H and O–H groups in total. The van der Waals surface area contributed by atoms with Crippen molar-refractivity contribution in [2.24, 2.45) is 0 Å². The predicted molar refractivity (Wildman–Crippen MR) is 64.4 cm³/mol. The van der Waals surface area contributed by atoms with Gasteiger partial charge in [-0.1, -0.05) is 13.8 Å². The number of carbonyl (C=O) groups is 1. The van der Waals surface area contributed by atoms with E-state index in [0.717, 1.165) is 13.0 Å². The van der Waals surface area contributed by atoms with Crippen molar-refractivity contribution in [2.75, 3.05) is 20.3 Å². The molecule has 0 aromatic rings. The molecule has 4 heteroatoms. The number of likely N-dealkylation sites (N-methyl/N-ethyl adjacent to an activating group) is 1. The second-order valence-corrected chi connectivity index (χ2v) is 4.38. The highest BCUT2D eigenvalue weighted by atomic mass is 16.5. The standard InChI is InChI=1S/C12H25NO3/c1-6-12(3,4)16-9-8-10(13-7-2)11(14)15-5/h10,13H,6-9H2,1-5H3. The summed E-state index contributed by atoms with van der Waals surface area (Å²) in [5, 5.41) is 3.08. The lowest BCUT2D eigenvalue weighted by atomic mass is 10.1. The molecule has 0 aromatic carbocycles. The van der Waals surface area contributed by atoms with Crippen LogP contribution in [0.3, 0.4) is 0 Å². The lowest BCUT2D eigenvalue weighted by Gasteiger charge is -2.24. The highest BCUT2D eigenvalue weighted by Crippen LogP contribution is 2.14. The fourth-order valence-corrected chi connectivity index (χ4v) is 1.25. The molecular weight excluding hydrogens is 206 g/mol. The minimum atomic E-state index is -0.261. The van der Waals surface area contributed by atoms with Crippen molar-refractivity contribution in [3.63, 3.8) is 0 Å². The van der Waals surface area contributed by atoms with Crippen LogP contribution in [-0.2, 0) is 14.3 Å². The van der Waals surface area contributed by atoms with Gasteiger partial charge >= 0.3 is 5.97 Å². The zero-order valence-electron chi connectivity index (χ0n) is 11.1. The summed E-state index contributed by atoms with van der Waals surface area (Å²) in [5.41, 5.74) is -0.118. The highest BCUT2D eigenvalue weighted by Gasteiger charge is 2.20. The Balaban J connectivity index is 3.98. The van der Waals surface area contributed by atoms with Gasteiger partial charge in [-0.15, -0.1) is 0 Å². The average Bonchev–Trinajstić information content (AvgIpc) is 2.27. The summed E-state index contributed by atoms with van der Waals surface area (Å²) in [7, 11) is 1.41. The lowest BCUT2D eigenvalue weighted by molar-refractivity contribution is -0.144. The van der Waals surface area contributed by atoms with Crippen LogP contribution in [0.5, 0.6) is 0 Å². The molecule has 0 rings (SSSR count). The number of rotatable bonds is 8. The van der Waals surface area contributed by atoms with Crippen LogP contribution in [0.15, 0.2) is 0 Å². The Morgan fingerprint density at radius 1 is 1.38 bits per heavy atom. The monoisotopic (exact) mass is 231 g/mol. The van der Waals surface area contributed by atoms with Crippen molar-refractivity contribution >= 4 is 5.97 Å². The van der Waals surface area contributed by atoms with Crippen molar-refractivity contribution < 1.29 is 14.3 Å². The number of carbonyl (C=O) groups excluding carboxylic acids is 1. The molecule has 1 atom stereocenters. The van der Waals surface area contributed by atoms with Gasteiger partial charge in [0.2, 0.25) is 0 Å². The molecule has 4 nitrogen and oxygen atoms in total. The van der Waals surface area contributed by atoms with E-state index >= 15 is 0 Å². The second-order valence-electron chi connectivity index (χ2n) is 4.38. The molecule has 0 saturated heterocycles. The van der Waals surface area contributed by atoms with Crippen molar-refractivity contribution in [3.05, 3.63) is 0 Å². The largest absolute Gasteiger partial charge is 0.468 e. The quantitative estimate of drug-likeness (QED) is 0.646. The minimum Gasteiger partial charge on any atom is -0.468 e. The van der Waals surface area contributed by atoms with Gasteiger partial charge in [-0.3, -0.25) is 4.79 Å². The number of nitrogens with one attached hydrogen (secondary N) is 1. The molecule has 16 heavy (non-hydrogen) atoms. The maximum absolute atomic E-state index is 11.4. The Kier molecular flexibility index (Phi) is 7.34. The van der Waals surface area contributed by atoms with Crippen LogP contribution in [0.2, 0.25) is 0 Å². The molecule has 0 bridgehead atoms. The summed E-state index contributed by atoms with van der Waals surface area (Å²) in [4.78, 5) is 11.4. The summed E-state index contributed by atoms with van der Waals surface area (Å²) < 4.78 is 10.4. The first kappa shape index (κ1) is 15.4. The number of ether oxygens (including phenoxy) is 2. The Labute approximate surface area is 98.7 Å². The van der Waals surface area contributed by atoms with E-state index in [1.165, 1.54) is 7.11 Å². The van der Waals surface area contributed by atoms with E-state index in [-0.39, 0.29) is 17.6 Å². The summed E-state index contributed by atoms with van der Waals surface area (Å²) in [5.74, 6) is -0.222. The van der Waals surface area contributed by atoms with E-state index in [9.17, 15) is 4.79 Å². The van der Waals surface area contributed by atoms with Crippen LogP contribution in [0.1, 0.15) is 40.5 Å². The van der Waals surface area contributed by atoms with Gasteiger partial charge in [-0.05, 0) is 33.2 Å². The molecule has 0 fully saturated rings. The fraction of sp³-hybridized carbons (Fsp3) is 0.917. The minimum absolute atomic E-state index is 0.118. The first-order valence-electron chi connectivity index (χ1n) is 5.92. The molecular formula is C12H25NO3. The van der Waals surface area contributed by atoms with Gasteiger partial charge in [0.1, 0.15) is 6.04 Å². The summed E-state index contributed by atoms with van der Waals surface area (Å²) in [6.45, 7) is 9.46. The van der Waals surface area contributed by atoms with Crippen LogP contribution in [-0.4, -0.2) is 37.9 Å². The zero-order valence-corrected chi connectivity index (χ0v) is 11.1. The van der Waals surface area contributed by atoms with Gasteiger partial charge in [0.25, 0.3) is 0 Å². The third-order valence-electron chi connectivity index (χ3n) is 2.69. The third kappa shape index (κ3) is 6.08. The van der Waals surface area contributed by atoms with Gasteiger partial charge in [0.05, 0.1) is 12.7 Å². The first-order chi connectivity index (χ1) is 7.46. The van der Waals surface area contributed by atoms with Crippen LogP contribution in [0.25, 0.3) is 0 Å². The number of esters is 1. The normalized spacial score (nSPS) is 13.6. The van der Waals surface area contributed by atoms with E-state index in [2.05, 4.69) is 12.2 Å². The van der Waals surface area contributed by atoms with Crippen molar-refractivity contribution in [3.8, 4) is 0 Å². The molecule has 0 spiro atoms. The van der Waals surface area contributed by atoms with E-state index in [1.54, 1.807) is 0 Å². The number of hydrogen-bond donors (Lipinski definition) is 1. The predicted octanol–water partition coefficient (Wildman–Crippen LogP) is 1.73. The van der Waals surface area contributed by atoms with Gasteiger partial charge in [-0.25, -0.2) is 0 Å². The Hall–Kier alpha value is -0.610. The van der Waals surface area contributed by atoms with E-state index in [4.69, 9.17) is 9.47 Å². The van der Waals surface area contributed by atoms with E-state index in [0.29, 0.717) is 13.0 Å². The van der Waals surface area contributed by atoms with Crippen LogP contribution in [0, 0.1) is 0 Å². The molecule has 96 valence electrons. The number of hydrogen-bond acceptors (Lipinski definition) is 4. The van der Waals surface area contributed by atoms with Gasteiger partial charge in [0.15, 0.2) is 0 Å². The second kappa shape index (κ2) is 7.63. The molecule has 0 amide bonds. The average molecular weight is 231 g/mol. The Morgan fingerprint density at radius 2 is 2.00 bits per heavy atom. The topological polar surface area (TPSA) is 47.6 Å². The van der Waals surface area contributed by atoms with Crippen LogP contribution in [0.4, 0.5) is 0 Å². The van der Waals surface area contributed by atoms with E-state index in [1.807, 2.05) is 20.8 Å². The van der Waals surface area contributed by atoms with Gasteiger partial charge in [0, 0.05) is 6.61 Å².